The first-order valence-corrected chi connectivity index (χ1v) is 9.14. The zero-order valence-corrected chi connectivity index (χ0v) is 13.8. The van der Waals surface area contributed by atoms with Crippen LogP contribution in [0.2, 0.25) is 0 Å². The first-order valence-electron chi connectivity index (χ1n) is 6.78. The van der Waals surface area contributed by atoms with Gasteiger partial charge in [-0.15, -0.1) is 11.3 Å². The first kappa shape index (κ1) is 16.7. The van der Waals surface area contributed by atoms with Crippen molar-refractivity contribution >= 4 is 27.3 Å². The molecule has 0 saturated carbocycles. The van der Waals surface area contributed by atoms with E-state index in [9.17, 15) is 13.2 Å². The topological polar surface area (TPSA) is 89.3 Å². The normalized spacial score (nSPS) is 11.4. The lowest BCUT2D eigenvalue weighted by Crippen LogP contribution is -2.22. The Balaban J connectivity index is 1.80. The van der Waals surface area contributed by atoms with E-state index in [0.717, 1.165) is 21.8 Å². The van der Waals surface area contributed by atoms with Crippen molar-refractivity contribution in [1.82, 2.24) is 5.32 Å². The van der Waals surface area contributed by atoms with Gasteiger partial charge in [-0.1, -0.05) is 29.8 Å². The standard InChI is InChI=1S/C15H18N2O3S2/c1-11-2-4-12(5-3-11)6-8-14(18)17-10-13-7-9-15(21-13)22(16,19)20/h2-5,7,9H,6,8,10H2,1H3,(H,17,18)(H2,16,19,20). The molecule has 3 N–H and O–H groups in total. The predicted molar refractivity (Wildman–Crippen MR) is 87.0 cm³/mol. The number of hydrogen-bond acceptors (Lipinski definition) is 4. The highest BCUT2D eigenvalue weighted by Crippen LogP contribution is 2.20. The molecule has 0 radical (unpaired) electrons. The van der Waals surface area contributed by atoms with Gasteiger partial charge >= 0.3 is 0 Å². The van der Waals surface area contributed by atoms with E-state index in [0.29, 0.717) is 19.4 Å². The van der Waals surface area contributed by atoms with E-state index >= 15 is 0 Å². The quantitative estimate of drug-likeness (QED) is 0.843. The summed E-state index contributed by atoms with van der Waals surface area (Å²) in [5.41, 5.74) is 2.31. The van der Waals surface area contributed by atoms with Gasteiger partial charge in [0.1, 0.15) is 4.21 Å². The average Bonchev–Trinajstić information content (AvgIpc) is 2.93. The van der Waals surface area contributed by atoms with Gasteiger partial charge in [-0.05, 0) is 31.0 Å². The molecular formula is C15H18N2O3S2. The fraction of sp³-hybridized carbons (Fsp3) is 0.267. The van der Waals surface area contributed by atoms with Crippen molar-refractivity contribution in [3.05, 3.63) is 52.4 Å². The van der Waals surface area contributed by atoms with E-state index in [1.165, 1.54) is 11.6 Å². The van der Waals surface area contributed by atoms with Crippen LogP contribution in [0.4, 0.5) is 0 Å². The van der Waals surface area contributed by atoms with Crippen LogP contribution in [0.15, 0.2) is 40.6 Å². The molecule has 0 aliphatic rings. The highest BCUT2D eigenvalue weighted by Gasteiger charge is 2.11. The van der Waals surface area contributed by atoms with Gasteiger partial charge < -0.3 is 5.32 Å². The molecule has 2 rings (SSSR count). The van der Waals surface area contributed by atoms with Crippen LogP contribution in [-0.4, -0.2) is 14.3 Å². The fourth-order valence-electron chi connectivity index (χ4n) is 1.89. The van der Waals surface area contributed by atoms with Gasteiger partial charge in [0.25, 0.3) is 0 Å². The van der Waals surface area contributed by atoms with Crippen molar-refractivity contribution in [3.8, 4) is 0 Å². The van der Waals surface area contributed by atoms with Crippen LogP contribution in [0.1, 0.15) is 22.4 Å². The smallest absolute Gasteiger partial charge is 0.247 e. The molecule has 0 atom stereocenters. The van der Waals surface area contributed by atoms with Crippen LogP contribution in [0.25, 0.3) is 0 Å². The zero-order chi connectivity index (χ0) is 16.2. The maximum atomic E-state index is 11.8. The van der Waals surface area contributed by atoms with Crippen molar-refractivity contribution in [2.45, 2.75) is 30.5 Å². The summed E-state index contributed by atoms with van der Waals surface area (Å²) in [4.78, 5) is 12.6. The zero-order valence-electron chi connectivity index (χ0n) is 12.2. The highest BCUT2D eigenvalue weighted by molar-refractivity contribution is 7.91. The number of thiophene rings is 1. The largest absolute Gasteiger partial charge is 0.351 e. The predicted octanol–water partition coefficient (Wildman–Crippen LogP) is 1.95. The number of hydrogen-bond donors (Lipinski definition) is 2. The minimum atomic E-state index is -3.66. The van der Waals surface area contributed by atoms with Gasteiger partial charge in [0.05, 0.1) is 6.54 Å². The van der Waals surface area contributed by atoms with Crippen LogP contribution < -0.4 is 10.5 Å². The number of amides is 1. The average molecular weight is 338 g/mol. The molecule has 0 bridgehead atoms. The number of sulfonamides is 1. The Morgan fingerprint density at radius 2 is 1.86 bits per heavy atom. The van der Waals surface area contributed by atoms with Gasteiger partial charge in [-0.2, -0.15) is 0 Å². The summed E-state index contributed by atoms with van der Waals surface area (Å²) in [6, 6.07) is 11.2. The third kappa shape index (κ3) is 4.94. The van der Waals surface area contributed by atoms with Gasteiger partial charge in [0, 0.05) is 11.3 Å². The Labute approximate surface area is 134 Å². The van der Waals surface area contributed by atoms with Gasteiger partial charge in [0.15, 0.2) is 0 Å². The van der Waals surface area contributed by atoms with E-state index in [-0.39, 0.29) is 10.1 Å². The van der Waals surface area contributed by atoms with Crippen molar-refractivity contribution in [3.63, 3.8) is 0 Å². The third-order valence-electron chi connectivity index (χ3n) is 3.14. The second kappa shape index (κ2) is 7.04. The molecule has 1 aromatic carbocycles. The third-order valence-corrected chi connectivity index (χ3v) is 5.66. The van der Waals surface area contributed by atoms with Crippen LogP contribution in [-0.2, 0) is 27.8 Å². The molecule has 1 amide bonds. The number of rotatable bonds is 6. The number of carbonyl (C=O) groups is 1. The van der Waals surface area contributed by atoms with Crippen LogP contribution >= 0.6 is 11.3 Å². The lowest BCUT2D eigenvalue weighted by molar-refractivity contribution is -0.121. The second-order valence-electron chi connectivity index (χ2n) is 5.03. The summed E-state index contributed by atoms with van der Waals surface area (Å²) in [6.45, 7) is 2.33. The minimum Gasteiger partial charge on any atom is -0.351 e. The van der Waals surface area contributed by atoms with Crippen LogP contribution in [0, 0.1) is 6.92 Å². The highest BCUT2D eigenvalue weighted by atomic mass is 32.2. The van der Waals surface area contributed by atoms with E-state index in [1.807, 2.05) is 31.2 Å². The number of nitrogens with one attached hydrogen (secondary N) is 1. The molecule has 0 unspecified atom stereocenters. The fourth-order valence-corrected chi connectivity index (χ4v) is 3.61. The summed E-state index contributed by atoms with van der Waals surface area (Å²) in [5, 5.41) is 7.83. The van der Waals surface area contributed by atoms with E-state index in [1.54, 1.807) is 6.07 Å². The number of aryl methyl sites for hydroxylation is 2. The Morgan fingerprint density at radius 1 is 1.18 bits per heavy atom. The molecular weight excluding hydrogens is 320 g/mol. The summed E-state index contributed by atoms with van der Waals surface area (Å²) in [5.74, 6) is -0.0638. The molecule has 0 spiro atoms. The lowest BCUT2D eigenvalue weighted by atomic mass is 10.1. The van der Waals surface area contributed by atoms with E-state index in [2.05, 4.69) is 5.32 Å². The van der Waals surface area contributed by atoms with E-state index in [4.69, 9.17) is 5.14 Å². The molecule has 7 heteroatoms. The monoisotopic (exact) mass is 338 g/mol. The number of nitrogens with two attached hydrogens (primary N) is 1. The molecule has 0 fully saturated rings. The molecule has 0 aliphatic carbocycles. The van der Waals surface area contributed by atoms with Gasteiger partial charge in [-0.3, -0.25) is 4.79 Å². The lowest BCUT2D eigenvalue weighted by Gasteiger charge is -2.04. The molecule has 22 heavy (non-hydrogen) atoms. The first-order chi connectivity index (χ1) is 10.3. The molecule has 0 aliphatic heterocycles. The molecule has 0 saturated heterocycles. The number of primary sulfonamides is 1. The summed E-state index contributed by atoms with van der Waals surface area (Å²) < 4.78 is 22.4. The Morgan fingerprint density at radius 3 is 2.45 bits per heavy atom. The second-order valence-corrected chi connectivity index (χ2v) is 7.98. The Bertz CT molecular complexity index is 749. The summed E-state index contributed by atoms with van der Waals surface area (Å²) in [7, 11) is -3.66. The molecule has 2 aromatic rings. The SMILES string of the molecule is Cc1ccc(CCC(=O)NCc2ccc(S(N)(=O)=O)s2)cc1. The Kier molecular flexibility index (Phi) is 5.33. The molecule has 1 aromatic heterocycles. The maximum Gasteiger partial charge on any atom is 0.247 e. The number of carbonyl (C=O) groups excluding carboxylic acids is 1. The van der Waals surface area contributed by atoms with Crippen molar-refractivity contribution in [1.29, 1.82) is 0 Å². The van der Waals surface area contributed by atoms with Crippen LogP contribution in [0.3, 0.4) is 0 Å². The maximum absolute atomic E-state index is 11.8. The molecule has 1 heterocycles. The van der Waals surface area contributed by atoms with Gasteiger partial charge in [-0.25, -0.2) is 13.6 Å². The number of benzene rings is 1. The molecule has 118 valence electrons. The van der Waals surface area contributed by atoms with E-state index < -0.39 is 10.0 Å². The van der Waals surface area contributed by atoms with Crippen molar-refractivity contribution in [2.24, 2.45) is 5.14 Å². The Hall–Kier alpha value is -1.70. The van der Waals surface area contributed by atoms with Crippen molar-refractivity contribution < 1.29 is 13.2 Å². The summed E-state index contributed by atoms with van der Waals surface area (Å²) in [6.07, 6.45) is 1.08. The summed E-state index contributed by atoms with van der Waals surface area (Å²) >= 11 is 1.07. The van der Waals surface area contributed by atoms with Crippen LogP contribution in [0.5, 0.6) is 0 Å². The van der Waals surface area contributed by atoms with Gasteiger partial charge in [0.2, 0.25) is 15.9 Å². The van der Waals surface area contributed by atoms with Crippen molar-refractivity contribution in [2.75, 3.05) is 0 Å². The molecule has 5 nitrogen and oxygen atoms in total. The minimum absolute atomic E-state index is 0.0638.